The highest BCUT2D eigenvalue weighted by Gasteiger charge is 2.39. The summed E-state index contributed by atoms with van der Waals surface area (Å²) in [5, 5.41) is 5.83. The number of nitrogens with zero attached hydrogens (tertiary/aromatic N) is 3. The second kappa shape index (κ2) is 10.7. The van der Waals surface area contributed by atoms with Gasteiger partial charge >= 0.3 is 0 Å². The minimum absolute atomic E-state index is 0.0182. The summed E-state index contributed by atoms with van der Waals surface area (Å²) in [6, 6.07) is 12.7. The summed E-state index contributed by atoms with van der Waals surface area (Å²) in [4.78, 5) is 46.9. The predicted molar refractivity (Wildman–Crippen MR) is 148 cm³/mol. The van der Waals surface area contributed by atoms with Gasteiger partial charge in [0, 0.05) is 30.0 Å². The Morgan fingerprint density at radius 3 is 2.78 bits per heavy atom. The summed E-state index contributed by atoms with van der Waals surface area (Å²) in [5.74, 6) is -0.419. The number of nitrogens with one attached hydrogen (secondary N) is 2. The lowest BCUT2D eigenvalue weighted by atomic mass is 10.0. The Morgan fingerprint density at radius 2 is 1.98 bits per heavy atom. The molecule has 1 unspecified atom stereocenters. The van der Waals surface area contributed by atoms with Gasteiger partial charge in [0.25, 0.3) is 5.91 Å². The summed E-state index contributed by atoms with van der Waals surface area (Å²) in [5.41, 5.74) is 2.80. The van der Waals surface area contributed by atoms with E-state index in [-0.39, 0.29) is 42.1 Å². The lowest BCUT2D eigenvalue weighted by Gasteiger charge is -2.29. The van der Waals surface area contributed by atoms with Crippen LogP contribution in [-0.2, 0) is 22.7 Å². The van der Waals surface area contributed by atoms with Gasteiger partial charge in [0.1, 0.15) is 24.8 Å². The molecular formula is C29H23ClFN5O5. The smallest absolute Gasteiger partial charge is 0.255 e. The molecule has 1 fully saturated rings. The van der Waals surface area contributed by atoms with E-state index in [1.807, 2.05) is 6.07 Å². The molecule has 41 heavy (non-hydrogen) atoms. The molecule has 2 N–H and O–H groups in total. The fourth-order valence-corrected chi connectivity index (χ4v) is 5.22. The van der Waals surface area contributed by atoms with E-state index in [9.17, 15) is 18.8 Å². The molecule has 1 atom stereocenters. The maximum absolute atomic E-state index is 14.5. The quantitative estimate of drug-likeness (QED) is 0.309. The van der Waals surface area contributed by atoms with Crippen LogP contribution < -0.4 is 20.1 Å². The van der Waals surface area contributed by atoms with Crippen molar-refractivity contribution in [2.75, 3.05) is 12.4 Å². The molecule has 4 aromatic rings. The number of anilines is 2. The first-order valence-corrected chi connectivity index (χ1v) is 13.1. The number of ether oxygens (including phenoxy) is 2. The molecule has 0 spiro atoms. The van der Waals surface area contributed by atoms with E-state index < -0.39 is 17.8 Å². The predicted octanol–water partition coefficient (Wildman–Crippen LogP) is 4.51. The van der Waals surface area contributed by atoms with Gasteiger partial charge in [-0.1, -0.05) is 23.7 Å². The number of benzene rings is 3. The molecule has 3 heterocycles. The summed E-state index contributed by atoms with van der Waals surface area (Å²) >= 11 is 5.93. The molecule has 1 saturated heterocycles. The van der Waals surface area contributed by atoms with E-state index in [1.54, 1.807) is 36.4 Å². The van der Waals surface area contributed by atoms with Crippen LogP contribution in [0, 0.1) is 5.82 Å². The van der Waals surface area contributed by atoms with Crippen LogP contribution in [0.4, 0.5) is 15.9 Å². The van der Waals surface area contributed by atoms with Crippen LogP contribution in [0.2, 0.25) is 5.02 Å². The van der Waals surface area contributed by atoms with Crippen molar-refractivity contribution in [2.24, 2.45) is 0 Å². The van der Waals surface area contributed by atoms with Crippen LogP contribution >= 0.6 is 11.6 Å². The molecule has 0 saturated carbocycles. The number of aromatic nitrogens is 2. The van der Waals surface area contributed by atoms with Gasteiger partial charge in [-0.25, -0.2) is 14.4 Å². The highest BCUT2D eigenvalue weighted by atomic mass is 35.5. The van der Waals surface area contributed by atoms with Crippen LogP contribution in [0.1, 0.15) is 34.3 Å². The van der Waals surface area contributed by atoms with E-state index >= 15 is 0 Å². The molecule has 2 aliphatic heterocycles. The van der Waals surface area contributed by atoms with E-state index in [4.69, 9.17) is 21.1 Å². The zero-order chi connectivity index (χ0) is 28.7. The minimum Gasteiger partial charge on any atom is -0.493 e. The van der Waals surface area contributed by atoms with Crippen LogP contribution in [-0.4, -0.2) is 45.7 Å². The van der Waals surface area contributed by atoms with Crippen molar-refractivity contribution in [2.45, 2.75) is 32.0 Å². The average Bonchev–Trinajstić information content (AvgIpc) is 3.29. The number of carbonyl (C=O) groups is 3. The lowest BCUT2D eigenvalue weighted by molar-refractivity contribution is -0.136. The van der Waals surface area contributed by atoms with Gasteiger partial charge in [0.05, 0.1) is 23.3 Å². The Morgan fingerprint density at radius 1 is 1.12 bits per heavy atom. The normalized spacial score (nSPS) is 16.5. The van der Waals surface area contributed by atoms with Gasteiger partial charge in [0.2, 0.25) is 11.8 Å². The number of hydrogen-bond acceptors (Lipinski definition) is 8. The highest BCUT2D eigenvalue weighted by molar-refractivity contribution is 6.31. The van der Waals surface area contributed by atoms with Crippen molar-refractivity contribution in [3.05, 3.63) is 82.4 Å². The van der Waals surface area contributed by atoms with Gasteiger partial charge < -0.3 is 19.7 Å². The van der Waals surface area contributed by atoms with Gasteiger partial charge in [-0.05, 0) is 47.9 Å². The Bertz CT molecular complexity index is 1730. The Kier molecular flexibility index (Phi) is 6.88. The van der Waals surface area contributed by atoms with Crippen LogP contribution in [0.3, 0.4) is 0 Å². The molecule has 3 aromatic carbocycles. The van der Waals surface area contributed by atoms with Crippen molar-refractivity contribution in [3.63, 3.8) is 0 Å². The number of hydrogen-bond donors (Lipinski definition) is 2. The van der Waals surface area contributed by atoms with E-state index in [2.05, 4.69) is 20.6 Å². The monoisotopic (exact) mass is 575 g/mol. The number of carbonyl (C=O) groups excluding carboxylic acids is 3. The van der Waals surface area contributed by atoms with Crippen LogP contribution in [0.25, 0.3) is 10.9 Å². The topological polar surface area (TPSA) is 123 Å². The maximum Gasteiger partial charge on any atom is 0.255 e. The van der Waals surface area contributed by atoms with Gasteiger partial charge in [0.15, 0.2) is 17.3 Å². The summed E-state index contributed by atoms with van der Waals surface area (Å²) < 4.78 is 26.2. The first kappa shape index (κ1) is 26.5. The third-order valence-electron chi connectivity index (χ3n) is 7.11. The number of fused-ring (bicyclic) bond motifs is 2. The molecule has 6 rings (SSSR count). The standard InChI is InChI=1S/C29H23ClFN5O5/c1-40-23-11-21-18(27(33-14-32-21)34-20-4-2-3-19(30)26(20)31)10-24(23)41-13-15-5-6-17-16(9-15)12-36(29(17)39)22-7-8-25(37)35-28(22)38/h2-6,9-11,14,22H,7-8,12-13H2,1H3,(H,32,33,34)(H,35,37,38). The zero-order valence-electron chi connectivity index (χ0n) is 21.7. The van der Waals surface area contributed by atoms with Gasteiger partial charge in [-0.3, -0.25) is 19.7 Å². The van der Waals surface area contributed by atoms with Crippen LogP contribution in [0.15, 0.2) is 54.9 Å². The molecular weight excluding hydrogens is 553 g/mol. The Hall–Kier alpha value is -4.77. The molecule has 1 aromatic heterocycles. The highest BCUT2D eigenvalue weighted by Crippen LogP contribution is 2.36. The largest absolute Gasteiger partial charge is 0.493 e. The Labute approximate surface area is 238 Å². The van der Waals surface area contributed by atoms with Crippen molar-refractivity contribution in [3.8, 4) is 11.5 Å². The minimum atomic E-state index is -0.681. The number of piperidine rings is 1. The molecule has 10 nitrogen and oxygen atoms in total. The van der Waals surface area contributed by atoms with Gasteiger partial charge in [-0.15, -0.1) is 0 Å². The van der Waals surface area contributed by atoms with Crippen molar-refractivity contribution in [1.29, 1.82) is 0 Å². The summed E-state index contributed by atoms with van der Waals surface area (Å²) in [6.07, 6.45) is 1.85. The van der Waals surface area contributed by atoms with E-state index in [0.717, 1.165) is 11.1 Å². The summed E-state index contributed by atoms with van der Waals surface area (Å²) in [6.45, 7) is 0.418. The molecule has 0 bridgehead atoms. The number of methoxy groups -OCH3 is 1. The molecule has 208 valence electrons. The number of amides is 3. The zero-order valence-corrected chi connectivity index (χ0v) is 22.5. The van der Waals surface area contributed by atoms with Crippen LogP contribution in [0.5, 0.6) is 11.5 Å². The van der Waals surface area contributed by atoms with E-state index in [0.29, 0.717) is 40.2 Å². The number of rotatable bonds is 7. The third kappa shape index (κ3) is 5.00. The Balaban J connectivity index is 1.23. The first-order chi connectivity index (χ1) is 19.8. The number of halogens is 2. The maximum atomic E-state index is 14.5. The third-order valence-corrected chi connectivity index (χ3v) is 7.40. The van der Waals surface area contributed by atoms with Crippen molar-refractivity contribution < 1.29 is 28.2 Å². The summed E-state index contributed by atoms with van der Waals surface area (Å²) in [7, 11) is 1.51. The van der Waals surface area contributed by atoms with E-state index in [1.165, 1.54) is 24.4 Å². The van der Waals surface area contributed by atoms with Gasteiger partial charge in [-0.2, -0.15) is 0 Å². The lowest BCUT2D eigenvalue weighted by Crippen LogP contribution is -2.52. The molecule has 0 aliphatic carbocycles. The second-order valence-electron chi connectivity index (χ2n) is 9.65. The fourth-order valence-electron chi connectivity index (χ4n) is 5.04. The molecule has 0 radical (unpaired) electrons. The van der Waals surface area contributed by atoms with Crippen molar-refractivity contribution in [1.82, 2.24) is 20.2 Å². The second-order valence-corrected chi connectivity index (χ2v) is 10.1. The first-order valence-electron chi connectivity index (χ1n) is 12.8. The SMILES string of the molecule is COc1cc2ncnc(Nc3cccc(Cl)c3F)c2cc1OCc1ccc2c(c1)CN(C1CCC(=O)NC1=O)C2=O. The fraction of sp³-hybridized carbons (Fsp3) is 0.207. The number of imide groups is 1. The van der Waals surface area contributed by atoms with Crippen molar-refractivity contribution >= 4 is 51.7 Å². The molecule has 12 heteroatoms. The average molecular weight is 576 g/mol. The molecule has 2 aliphatic rings. The molecule has 3 amide bonds.